The Balaban J connectivity index is 1.94. The number of ether oxygens (including phenoxy) is 2. The highest BCUT2D eigenvalue weighted by atomic mass is 19.1. The molecule has 0 saturated heterocycles. The minimum atomic E-state index is -0.500. The molecule has 2 aromatic rings. The van der Waals surface area contributed by atoms with Crippen molar-refractivity contribution in [2.45, 2.75) is 6.10 Å². The van der Waals surface area contributed by atoms with E-state index in [1.807, 2.05) is 24.3 Å². The lowest BCUT2D eigenvalue weighted by Gasteiger charge is -2.17. The fraction of sp³-hybridized carbons (Fsp3) is 0.235. The van der Waals surface area contributed by atoms with E-state index < -0.39 is 11.8 Å². The van der Waals surface area contributed by atoms with Gasteiger partial charge >= 0.3 is 6.03 Å². The smallest absolute Gasteiger partial charge is 0.319 e. The highest BCUT2D eigenvalue weighted by Gasteiger charge is 2.13. The molecule has 0 saturated carbocycles. The second-order valence-corrected chi connectivity index (χ2v) is 4.82. The molecule has 6 heteroatoms. The lowest BCUT2D eigenvalue weighted by Crippen LogP contribution is -2.33. The molecule has 0 aromatic heterocycles. The molecule has 0 bridgehead atoms. The van der Waals surface area contributed by atoms with E-state index in [2.05, 4.69) is 10.6 Å². The number of urea groups is 1. The number of anilines is 1. The van der Waals surface area contributed by atoms with E-state index in [0.29, 0.717) is 5.75 Å². The summed E-state index contributed by atoms with van der Waals surface area (Å²) in [6.45, 7) is 0.240. The van der Waals surface area contributed by atoms with Gasteiger partial charge in [-0.05, 0) is 29.8 Å². The molecule has 0 heterocycles. The third-order valence-electron chi connectivity index (χ3n) is 3.32. The second kappa shape index (κ2) is 8.14. The number of para-hydroxylation sites is 1. The predicted octanol–water partition coefficient (Wildman–Crippen LogP) is 3.34. The van der Waals surface area contributed by atoms with E-state index in [0.717, 1.165) is 5.56 Å². The van der Waals surface area contributed by atoms with Crippen molar-refractivity contribution >= 4 is 11.7 Å². The maximum Gasteiger partial charge on any atom is 0.319 e. The summed E-state index contributed by atoms with van der Waals surface area (Å²) in [6.07, 6.45) is -0.337. The van der Waals surface area contributed by atoms with Crippen molar-refractivity contribution < 1.29 is 18.7 Å². The van der Waals surface area contributed by atoms with Crippen LogP contribution in [-0.2, 0) is 4.74 Å². The first-order valence-electron chi connectivity index (χ1n) is 7.10. The first kappa shape index (κ1) is 16.8. The monoisotopic (exact) mass is 318 g/mol. The molecule has 0 radical (unpaired) electrons. The van der Waals surface area contributed by atoms with Gasteiger partial charge in [-0.1, -0.05) is 24.3 Å². The first-order valence-corrected chi connectivity index (χ1v) is 7.10. The molecule has 2 N–H and O–H groups in total. The molecule has 0 aliphatic carbocycles. The zero-order chi connectivity index (χ0) is 16.7. The Bertz CT molecular complexity index is 664. The van der Waals surface area contributed by atoms with Crippen molar-refractivity contribution in [3.63, 3.8) is 0 Å². The molecule has 0 spiro atoms. The lowest BCUT2D eigenvalue weighted by atomic mass is 10.1. The molecule has 0 aliphatic rings. The molecule has 23 heavy (non-hydrogen) atoms. The molecule has 1 atom stereocenters. The van der Waals surface area contributed by atoms with Gasteiger partial charge < -0.3 is 20.1 Å². The first-order chi connectivity index (χ1) is 11.1. The zero-order valence-electron chi connectivity index (χ0n) is 13.0. The number of methoxy groups -OCH3 is 2. The number of carbonyl (C=O) groups is 1. The van der Waals surface area contributed by atoms with Crippen LogP contribution in [0, 0.1) is 5.82 Å². The Kier molecular flexibility index (Phi) is 5.94. The summed E-state index contributed by atoms with van der Waals surface area (Å²) in [5, 5.41) is 5.12. The molecule has 5 nitrogen and oxygen atoms in total. The summed E-state index contributed by atoms with van der Waals surface area (Å²) < 4.78 is 24.0. The van der Waals surface area contributed by atoms with Gasteiger partial charge in [0.05, 0.1) is 18.9 Å². The van der Waals surface area contributed by atoms with Crippen LogP contribution >= 0.6 is 0 Å². The van der Waals surface area contributed by atoms with E-state index in [1.165, 1.54) is 12.1 Å². The number of carbonyl (C=O) groups excluding carboxylic acids is 1. The van der Waals surface area contributed by atoms with Crippen LogP contribution in [0.15, 0.2) is 48.5 Å². The number of halogens is 1. The van der Waals surface area contributed by atoms with Gasteiger partial charge in [-0.2, -0.15) is 0 Å². The number of rotatable bonds is 6. The Morgan fingerprint density at radius 3 is 2.65 bits per heavy atom. The SMILES string of the molecule is COc1cccc(C(CNC(=O)Nc2ccccc2F)OC)c1. The van der Waals surface area contributed by atoms with Gasteiger partial charge in [0.1, 0.15) is 11.6 Å². The van der Waals surface area contributed by atoms with Crippen LogP contribution in [0.25, 0.3) is 0 Å². The summed E-state index contributed by atoms with van der Waals surface area (Å²) in [6, 6.07) is 12.9. The maximum atomic E-state index is 13.5. The summed E-state index contributed by atoms with van der Waals surface area (Å²) >= 11 is 0. The van der Waals surface area contributed by atoms with Crippen LogP contribution in [0.1, 0.15) is 11.7 Å². The van der Waals surface area contributed by atoms with Gasteiger partial charge in [-0.25, -0.2) is 9.18 Å². The van der Waals surface area contributed by atoms with Crippen molar-refractivity contribution in [1.29, 1.82) is 0 Å². The van der Waals surface area contributed by atoms with Gasteiger partial charge in [-0.15, -0.1) is 0 Å². The molecular weight excluding hydrogens is 299 g/mol. The number of benzene rings is 2. The average molecular weight is 318 g/mol. The van der Waals surface area contributed by atoms with E-state index >= 15 is 0 Å². The molecule has 0 fully saturated rings. The van der Waals surface area contributed by atoms with Crippen molar-refractivity contribution in [1.82, 2.24) is 5.32 Å². The van der Waals surface area contributed by atoms with Gasteiger partial charge in [0.25, 0.3) is 0 Å². The third-order valence-corrected chi connectivity index (χ3v) is 3.32. The lowest BCUT2D eigenvalue weighted by molar-refractivity contribution is 0.104. The van der Waals surface area contributed by atoms with Crippen molar-refractivity contribution in [3.8, 4) is 5.75 Å². The molecular formula is C17H19FN2O3. The highest BCUT2D eigenvalue weighted by molar-refractivity contribution is 5.89. The van der Waals surface area contributed by atoms with Gasteiger partial charge in [-0.3, -0.25) is 0 Å². The van der Waals surface area contributed by atoms with Crippen LogP contribution in [-0.4, -0.2) is 26.8 Å². The zero-order valence-corrected chi connectivity index (χ0v) is 13.0. The van der Waals surface area contributed by atoms with Crippen LogP contribution in [0.4, 0.5) is 14.9 Å². The molecule has 2 amide bonds. The maximum absolute atomic E-state index is 13.5. The minimum absolute atomic E-state index is 0.125. The van der Waals surface area contributed by atoms with Crippen LogP contribution in [0.3, 0.4) is 0 Å². The van der Waals surface area contributed by atoms with Crippen molar-refractivity contribution in [3.05, 3.63) is 59.9 Å². The van der Waals surface area contributed by atoms with E-state index in [-0.39, 0.29) is 18.3 Å². The van der Waals surface area contributed by atoms with Crippen LogP contribution < -0.4 is 15.4 Å². The minimum Gasteiger partial charge on any atom is -0.497 e. The van der Waals surface area contributed by atoms with Gasteiger partial charge in [0.2, 0.25) is 0 Å². The van der Waals surface area contributed by atoms with Crippen LogP contribution in [0.2, 0.25) is 0 Å². The normalized spacial score (nSPS) is 11.6. The van der Waals surface area contributed by atoms with E-state index in [4.69, 9.17) is 9.47 Å². The van der Waals surface area contributed by atoms with E-state index in [9.17, 15) is 9.18 Å². The Hall–Kier alpha value is -2.60. The molecule has 2 rings (SSSR count). The topological polar surface area (TPSA) is 59.6 Å². The van der Waals surface area contributed by atoms with Crippen molar-refractivity contribution in [2.75, 3.05) is 26.1 Å². The Morgan fingerprint density at radius 1 is 1.17 bits per heavy atom. The Labute approximate surface area is 134 Å². The van der Waals surface area contributed by atoms with Gasteiger partial charge in [0.15, 0.2) is 0 Å². The Morgan fingerprint density at radius 2 is 1.96 bits per heavy atom. The highest BCUT2D eigenvalue weighted by Crippen LogP contribution is 2.21. The van der Waals surface area contributed by atoms with E-state index in [1.54, 1.807) is 26.4 Å². The van der Waals surface area contributed by atoms with Crippen LogP contribution in [0.5, 0.6) is 5.75 Å². The van der Waals surface area contributed by atoms with Crippen molar-refractivity contribution in [2.24, 2.45) is 0 Å². The molecule has 0 aliphatic heterocycles. The predicted molar refractivity (Wildman–Crippen MR) is 86.2 cm³/mol. The fourth-order valence-electron chi connectivity index (χ4n) is 2.09. The number of hydrogen-bond donors (Lipinski definition) is 2. The molecule has 122 valence electrons. The quantitative estimate of drug-likeness (QED) is 0.859. The largest absolute Gasteiger partial charge is 0.497 e. The average Bonchev–Trinajstić information content (AvgIpc) is 2.58. The summed E-state index contributed by atoms with van der Waals surface area (Å²) in [7, 11) is 3.14. The number of amides is 2. The molecule has 1 unspecified atom stereocenters. The fourth-order valence-corrected chi connectivity index (χ4v) is 2.09. The summed E-state index contributed by atoms with van der Waals surface area (Å²) in [5.74, 6) is 0.221. The third kappa shape index (κ3) is 4.69. The standard InChI is InChI=1S/C17H19FN2O3/c1-22-13-7-5-6-12(10-13)16(23-2)11-19-17(21)20-15-9-4-3-8-14(15)18/h3-10,16H,11H2,1-2H3,(H2,19,20,21). The number of nitrogens with one attached hydrogen (secondary N) is 2. The molecule has 2 aromatic carbocycles. The summed E-state index contributed by atoms with van der Waals surface area (Å²) in [4.78, 5) is 11.9. The number of hydrogen-bond acceptors (Lipinski definition) is 3. The van der Waals surface area contributed by atoms with Gasteiger partial charge in [0, 0.05) is 13.7 Å². The summed E-state index contributed by atoms with van der Waals surface area (Å²) in [5.41, 5.74) is 0.999. The second-order valence-electron chi connectivity index (χ2n) is 4.82.